The minimum atomic E-state index is -1.13. The molecule has 1 unspecified atom stereocenters. The van der Waals surface area contributed by atoms with Gasteiger partial charge in [0.2, 0.25) is 0 Å². The molecule has 0 bridgehead atoms. The normalized spacial score (nSPS) is 14.5. The van der Waals surface area contributed by atoms with Crippen molar-refractivity contribution < 1.29 is 9.90 Å². The highest BCUT2D eigenvalue weighted by Gasteiger charge is 2.36. The Morgan fingerprint density at radius 3 is 2.68 bits per heavy atom. The molecule has 0 aliphatic carbocycles. The van der Waals surface area contributed by atoms with Crippen LogP contribution >= 0.6 is 0 Å². The van der Waals surface area contributed by atoms with Gasteiger partial charge in [0.25, 0.3) is 0 Å². The second-order valence-electron chi connectivity index (χ2n) is 5.09. The average molecular weight is 262 g/mol. The Kier molecular flexibility index (Phi) is 3.42. The van der Waals surface area contributed by atoms with E-state index in [-0.39, 0.29) is 6.04 Å². The van der Waals surface area contributed by atoms with E-state index >= 15 is 0 Å². The summed E-state index contributed by atoms with van der Waals surface area (Å²) in [5, 5.41) is 17.9. The molecular weight excluding hydrogens is 244 g/mol. The number of rotatable bonds is 5. The first kappa shape index (κ1) is 13.3. The van der Waals surface area contributed by atoms with E-state index < -0.39 is 11.5 Å². The first-order valence-corrected chi connectivity index (χ1v) is 6.21. The van der Waals surface area contributed by atoms with E-state index in [9.17, 15) is 9.90 Å². The zero-order chi connectivity index (χ0) is 14.0. The maximum absolute atomic E-state index is 11.6. The van der Waals surface area contributed by atoms with Crippen LogP contribution in [0.3, 0.4) is 0 Å². The molecule has 2 aromatic rings. The summed E-state index contributed by atoms with van der Waals surface area (Å²) in [4.78, 5) is 11.6. The molecular formula is C13H18N4O2. The number of aliphatic carboxylic acids is 1. The quantitative estimate of drug-likeness (QED) is 0.890. The molecule has 0 spiro atoms. The molecule has 6 heteroatoms. The van der Waals surface area contributed by atoms with Crippen LogP contribution in [0.5, 0.6) is 0 Å². The van der Waals surface area contributed by atoms with Gasteiger partial charge in [0.15, 0.2) is 5.54 Å². The number of carbonyl (C=O) groups is 1. The number of carboxylic acids is 1. The van der Waals surface area contributed by atoms with Crippen LogP contribution in [0.4, 0.5) is 0 Å². The summed E-state index contributed by atoms with van der Waals surface area (Å²) >= 11 is 0. The molecule has 102 valence electrons. The van der Waals surface area contributed by atoms with Crippen LogP contribution in [0.15, 0.2) is 30.7 Å². The lowest BCUT2D eigenvalue weighted by atomic mass is 9.96. The van der Waals surface area contributed by atoms with E-state index in [1.807, 2.05) is 30.8 Å². The first-order chi connectivity index (χ1) is 8.93. The van der Waals surface area contributed by atoms with Crippen molar-refractivity contribution >= 4 is 5.97 Å². The van der Waals surface area contributed by atoms with Crippen molar-refractivity contribution in [1.29, 1.82) is 0 Å². The molecule has 0 aliphatic heterocycles. The predicted molar refractivity (Wildman–Crippen MR) is 69.8 cm³/mol. The zero-order valence-electron chi connectivity index (χ0n) is 11.3. The predicted octanol–water partition coefficient (Wildman–Crippen LogP) is 1.70. The van der Waals surface area contributed by atoms with E-state index in [1.165, 1.54) is 4.68 Å². The lowest BCUT2D eigenvalue weighted by Gasteiger charge is -2.24. The maximum atomic E-state index is 11.6. The van der Waals surface area contributed by atoms with Crippen molar-refractivity contribution in [3.63, 3.8) is 0 Å². The third-order valence-electron chi connectivity index (χ3n) is 3.19. The number of aromatic nitrogens is 4. The third-order valence-corrected chi connectivity index (χ3v) is 3.19. The smallest absolute Gasteiger partial charge is 0.331 e. The molecule has 0 amide bonds. The molecule has 0 saturated carbocycles. The molecule has 0 aliphatic rings. The summed E-state index contributed by atoms with van der Waals surface area (Å²) in [5.41, 5.74) is -0.381. The molecule has 1 N–H and O–H groups in total. The number of hydrogen-bond donors (Lipinski definition) is 1. The fourth-order valence-electron chi connectivity index (χ4n) is 1.93. The van der Waals surface area contributed by atoms with Gasteiger partial charge in [0.1, 0.15) is 0 Å². The van der Waals surface area contributed by atoms with Crippen LogP contribution in [0.2, 0.25) is 0 Å². The van der Waals surface area contributed by atoms with Gasteiger partial charge in [-0.25, -0.2) is 4.79 Å². The minimum absolute atomic E-state index is 0.259. The molecule has 0 aromatic carbocycles. The van der Waals surface area contributed by atoms with E-state index in [2.05, 4.69) is 10.2 Å². The molecule has 1 atom stereocenters. The molecule has 19 heavy (non-hydrogen) atoms. The maximum Gasteiger partial charge on any atom is 0.331 e. The van der Waals surface area contributed by atoms with Gasteiger partial charge < -0.3 is 5.11 Å². The first-order valence-electron chi connectivity index (χ1n) is 6.21. The topological polar surface area (TPSA) is 72.9 Å². The van der Waals surface area contributed by atoms with Crippen molar-refractivity contribution in [2.24, 2.45) is 0 Å². The molecule has 2 heterocycles. The monoisotopic (exact) mass is 262 g/mol. The van der Waals surface area contributed by atoms with E-state index in [0.717, 1.165) is 5.69 Å². The Hall–Kier alpha value is -2.11. The highest BCUT2D eigenvalue weighted by molar-refractivity contribution is 5.76. The van der Waals surface area contributed by atoms with Crippen molar-refractivity contribution in [3.05, 3.63) is 36.4 Å². The number of hydrogen-bond acceptors (Lipinski definition) is 3. The van der Waals surface area contributed by atoms with Crippen LogP contribution in [0, 0.1) is 0 Å². The van der Waals surface area contributed by atoms with Crippen LogP contribution in [-0.2, 0) is 16.8 Å². The lowest BCUT2D eigenvalue weighted by Crippen LogP contribution is -2.41. The molecule has 0 radical (unpaired) electrons. The van der Waals surface area contributed by atoms with Gasteiger partial charge in [-0.15, -0.1) is 0 Å². The Labute approximate surface area is 111 Å². The Bertz CT molecular complexity index is 559. The fourth-order valence-corrected chi connectivity index (χ4v) is 1.93. The van der Waals surface area contributed by atoms with Gasteiger partial charge in [-0.05, 0) is 32.9 Å². The van der Waals surface area contributed by atoms with Gasteiger partial charge >= 0.3 is 5.97 Å². The summed E-state index contributed by atoms with van der Waals surface area (Å²) in [5.74, 6) is -0.921. The summed E-state index contributed by atoms with van der Waals surface area (Å²) in [7, 11) is 0. The number of nitrogens with zero attached hydrogens (tertiary/aromatic N) is 4. The van der Waals surface area contributed by atoms with Crippen molar-refractivity contribution in [1.82, 2.24) is 19.6 Å². The van der Waals surface area contributed by atoms with Crippen LogP contribution < -0.4 is 0 Å². The third kappa shape index (κ3) is 2.52. The van der Waals surface area contributed by atoms with E-state index in [0.29, 0.717) is 6.42 Å². The number of carboxylic acid groups (broad SMARTS) is 1. The van der Waals surface area contributed by atoms with Crippen molar-refractivity contribution in [2.45, 2.75) is 38.8 Å². The molecule has 6 nitrogen and oxygen atoms in total. The summed E-state index contributed by atoms with van der Waals surface area (Å²) in [6, 6.07) is 3.83. The molecule has 2 rings (SSSR count). The Balaban J connectivity index is 2.29. The van der Waals surface area contributed by atoms with Crippen LogP contribution in [0.25, 0.3) is 0 Å². The zero-order valence-corrected chi connectivity index (χ0v) is 11.3. The lowest BCUT2D eigenvalue weighted by molar-refractivity contribution is -0.147. The van der Waals surface area contributed by atoms with Gasteiger partial charge in [-0.1, -0.05) is 0 Å². The van der Waals surface area contributed by atoms with Crippen molar-refractivity contribution in [2.75, 3.05) is 0 Å². The highest BCUT2D eigenvalue weighted by Crippen LogP contribution is 2.21. The fraction of sp³-hybridized carbons (Fsp3) is 0.462. The SMILES string of the molecule is CC(C)n1ccc(CC(C)(C(=O)O)n2cccn2)n1. The van der Waals surface area contributed by atoms with Gasteiger partial charge in [0.05, 0.1) is 5.69 Å². The largest absolute Gasteiger partial charge is 0.479 e. The minimum Gasteiger partial charge on any atom is -0.479 e. The van der Waals surface area contributed by atoms with E-state index in [4.69, 9.17) is 0 Å². The van der Waals surface area contributed by atoms with Gasteiger partial charge in [-0.2, -0.15) is 10.2 Å². The average Bonchev–Trinajstić information content (AvgIpc) is 2.99. The van der Waals surface area contributed by atoms with Crippen LogP contribution in [-0.4, -0.2) is 30.6 Å². The summed E-state index contributed by atoms with van der Waals surface area (Å²) < 4.78 is 3.28. The summed E-state index contributed by atoms with van der Waals surface area (Å²) in [6.07, 6.45) is 5.40. The second-order valence-corrected chi connectivity index (χ2v) is 5.09. The molecule has 0 fully saturated rings. The van der Waals surface area contributed by atoms with E-state index in [1.54, 1.807) is 25.4 Å². The van der Waals surface area contributed by atoms with Crippen molar-refractivity contribution in [3.8, 4) is 0 Å². The molecule has 2 aromatic heterocycles. The highest BCUT2D eigenvalue weighted by atomic mass is 16.4. The summed E-state index contributed by atoms with van der Waals surface area (Å²) in [6.45, 7) is 5.71. The van der Waals surface area contributed by atoms with Gasteiger partial charge in [0, 0.05) is 31.1 Å². The Morgan fingerprint density at radius 2 is 2.21 bits per heavy atom. The van der Waals surface area contributed by atoms with Crippen LogP contribution in [0.1, 0.15) is 32.5 Å². The second kappa shape index (κ2) is 4.87. The Morgan fingerprint density at radius 1 is 1.47 bits per heavy atom. The van der Waals surface area contributed by atoms with Gasteiger partial charge in [-0.3, -0.25) is 9.36 Å². The molecule has 0 saturated heterocycles. The standard InChI is InChI=1S/C13H18N4O2/c1-10(2)16-8-5-11(15-16)9-13(3,12(18)19)17-7-4-6-14-17/h4-8,10H,9H2,1-3H3,(H,18,19).